The summed E-state index contributed by atoms with van der Waals surface area (Å²) in [7, 11) is 0. The topological polar surface area (TPSA) is 12.0 Å². The van der Waals surface area contributed by atoms with Gasteiger partial charge in [-0.2, -0.15) is 0 Å². The third kappa shape index (κ3) is 4.91. The van der Waals surface area contributed by atoms with Crippen LogP contribution in [0.1, 0.15) is 67.2 Å². The first kappa shape index (κ1) is 16.0. The van der Waals surface area contributed by atoms with Crippen molar-refractivity contribution in [2.24, 2.45) is 29.1 Å². The molecular weight excluding hydrogens is 218 g/mol. The van der Waals surface area contributed by atoms with Gasteiger partial charge in [0.1, 0.15) is 0 Å². The Labute approximate surface area is 115 Å². The molecule has 1 saturated carbocycles. The fraction of sp³-hybridized carbons (Fsp3) is 1.00. The van der Waals surface area contributed by atoms with E-state index in [1.54, 1.807) is 0 Å². The van der Waals surface area contributed by atoms with Crippen LogP contribution in [0.3, 0.4) is 0 Å². The summed E-state index contributed by atoms with van der Waals surface area (Å²) in [5.41, 5.74) is 0.504. The van der Waals surface area contributed by atoms with E-state index in [0.717, 1.165) is 23.7 Å². The molecule has 3 unspecified atom stereocenters. The molecule has 0 radical (unpaired) electrons. The van der Waals surface area contributed by atoms with Crippen molar-refractivity contribution in [1.82, 2.24) is 5.32 Å². The van der Waals surface area contributed by atoms with Crippen molar-refractivity contribution in [2.45, 2.75) is 67.2 Å². The van der Waals surface area contributed by atoms with Gasteiger partial charge in [-0.25, -0.2) is 0 Å². The number of hydrogen-bond donors (Lipinski definition) is 1. The number of nitrogens with one attached hydrogen (secondary N) is 1. The highest BCUT2D eigenvalue weighted by molar-refractivity contribution is 4.86. The van der Waals surface area contributed by atoms with Gasteiger partial charge in [-0.3, -0.25) is 0 Å². The molecule has 0 saturated heterocycles. The molecule has 0 aromatic carbocycles. The third-order valence-electron chi connectivity index (χ3n) is 4.85. The predicted molar refractivity (Wildman–Crippen MR) is 81.8 cm³/mol. The highest BCUT2D eigenvalue weighted by Gasteiger charge is 2.34. The second-order valence-corrected chi connectivity index (χ2v) is 7.86. The summed E-state index contributed by atoms with van der Waals surface area (Å²) in [4.78, 5) is 0. The van der Waals surface area contributed by atoms with E-state index in [1.807, 2.05) is 0 Å². The Balaban J connectivity index is 2.43. The summed E-state index contributed by atoms with van der Waals surface area (Å²) >= 11 is 0. The van der Waals surface area contributed by atoms with Crippen molar-refractivity contribution < 1.29 is 0 Å². The average Bonchev–Trinajstić information content (AvgIpc) is 2.27. The largest absolute Gasteiger partial charge is 0.316 e. The van der Waals surface area contributed by atoms with Crippen LogP contribution in [0.5, 0.6) is 0 Å². The molecule has 1 nitrogen and oxygen atoms in total. The molecular formula is C17H35N. The highest BCUT2D eigenvalue weighted by atomic mass is 14.9. The van der Waals surface area contributed by atoms with Crippen LogP contribution in [0.2, 0.25) is 0 Å². The van der Waals surface area contributed by atoms with Crippen molar-refractivity contribution in [2.75, 3.05) is 13.1 Å². The molecule has 0 bridgehead atoms. The molecule has 18 heavy (non-hydrogen) atoms. The van der Waals surface area contributed by atoms with Gasteiger partial charge in [0.2, 0.25) is 0 Å². The molecule has 0 amide bonds. The zero-order chi connectivity index (χ0) is 13.8. The number of rotatable bonds is 5. The van der Waals surface area contributed by atoms with Crippen LogP contribution in [0.15, 0.2) is 0 Å². The maximum Gasteiger partial charge on any atom is -0.00178 e. The van der Waals surface area contributed by atoms with Crippen LogP contribution < -0.4 is 5.32 Å². The summed E-state index contributed by atoms with van der Waals surface area (Å²) in [6.45, 7) is 16.6. The Bertz CT molecular complexity index is 226. The van der Waals surface area contributed by atoms with Crippen molar-refractivity contribution >= 4 is 0 Å². The molecule has 0 spiro atoms. The summed E-state index contributed by atoms with van der Waals surface area (Å²) in [6, 6.07) is 0. The summed E-state index contributed by atoms with van der Waals surface area (Å²) < 4.78 is 0. The minimum absolute atomic E-state index is 0.504. The maximum atomic E-state index is 3.67. The Hall–Kier alpha value is -0.0400. The molecule has 1 aliphatic rings. The smallest absolute Gasteiger partial charge is 0.00178 e. The van der Waals surface area contributed by atoms with Gasteiger partial charge in [0, 0.05) is 0 Å². The Morgan fingerprint density at radius 1 is 1.11 bits per heavy atom. The van der Waals surface area contributed by atoms with Gasteiger partial charge in [0.15, 0.2) is 0 Å². The second kappa shape index (κ2) is 6.93. The minimum Gasteiger partial charge on any atom is -0.316 e. The third-order valence-corrected chi connectivity index (χ3v) is 4.85. The molecule has 1 fully saturated rings. The predicted octanol–water partition coefficient (Wildman–Crippen LogP) is 4.72. The summed E-state index contributed by atoms with van der Waals surface area (Å²) in [5, 5.41) is 3.67. The molecule has 1 heteroatoms. The van der Waals surface area contributed by atoms with Gasteiger partial charge in [-0.05, 0) is 61.4 Å². The zero-order valence-electron chi connectivity index (χ0n) is 13.6. The molecule has 1 aliphatic carbocycles. The lowest BCUT2D eigenvalue weighted by Crippen LogP contribution is -2.37. The van der Waals surface area contributed by atoms with Crippen LogP contribution in [0, 0.1) is 29.1 Å². The highest BCUT2D eigenvalue weighted by Crippen LogP contribution is 2.43. The molecule has 1 rings (SSSR count). The van der Waals surface area contributed by atoms with Crippen LogP contribution in [-0.2, 0) is 0 Å². The van der Waals surface area contributed by atoms with E-state index in [2.05, 4.69) is 46.9 Å². The molecule has 3 atom stereocenters. The lowest BCUT2D eigenvalue weighted by Gasteiger charge is -2.42. The first-order valence-electron chi connectivity index (χ1n) is 8.05. The Kier molecular flexibility index (Phi) is 6.17. The fourth-order valence-electron chi connectivity index (χ4n) is 3.44. The van der Waals surface area contributed by atoms with Gasteiger partial charge in [-0.1, -0.05) is 48.0 Å². The Morgan fingerprint density at radius 3 is 2.28 bits per heavy atom. The van der Waals surface area contributed by atoms with E-state index in [9.17, 15) is 0 Å². The van der Waals surface area contributed by atoms with E-state index in [4.69, 9.17) is 0 Å². The fourth-order valence-corrected chi connectivity index (χ4v) is 3.44. The first-order valence-corrected chi connectivity index (χ1v) is 8.05. The van der Waals surface area contributed by atoms with Gasteiger partial charge in [-0.15, -0.1) is 0 Å². The van der Waals surface area contributed by atoms with Crippen LogP contribution in [0.25, 0.3) is 0 Å². The maximum absolute atomic E-state index is 3.67. The van der Waals surface area contributed by atoms with Gasteiger partial charge in [0.25, 0.3) is 0 Å². The van der Waals surface area contributed by atoms with E-state index < -0.39 is 0 Å². The molecule has 0 aromatic rings. The molecule has 0 aromatic heterocycles. The van der Waals surface area contributed by atoms with Crippen molar-refractivity contribution in [3.63, 3.8) is 0 Å². The normalized spacial score (nSPS) is 29.8. The van der Waals surface area contributed by atoms with Gasteiger partial charge < -0.3 is 5.32 Å². The zero-order valence-corrected chi connectivity index (χ0v) is 13.6. The SMILES string of the molecule is CCC1CC(C(C)(C)C)CCC1CNCC(C)C. The van der Waals surface area contributed by atoms with E-state index in [1.165, 1.54) is 38.8 Å². The lowest BCUT2D eigenvalue weighted by molar-refractivity contribution is 0.0948. The van der Waals surface area contributed by atoms with Crippen LogP contribution in [-0.4, -0.2) is 13.1 Å². The van der Waals surface area contributed by atoms with E-state index in [-0.39, 0.29) is 0 Å². The molecule has 108 valence electrons. The van der Waals surface area contributed by atoms with Crippen LogP contribution >= 0.6 is 0 Å². The molecule has 0 aliphatic heterocycles. The summed E-state index contributed by atoms with van der Waals surface area (Å²) in [5.74, 6) is 3.58. The van der Waals surface area contributed by atoms with Crippen molar-refractivity contribution in [1.29, 1.82) is 0 Å². The van der Waals surface area contributed by atoms with Gasteiger partial charge in [0.05, 0.1) is 0 Å². The van der Waals surface area contributed by atoms with Crippen molar-refractivity contribution in [3.8, 4) is 0 Å². The standard InChI is InChI=1S/C17H35N/c1-7-14-10-16(17(4,5)6)9-8-15(14)12-18-11-13(2)3/h13-16,18H,7-12H2,1-6H3. The minimum atomic E-state index is 0.504. The molecule has 0 heterocycles. The van der Waals surface area contributed by atoms with Crippen molar-refractivity contribution in [3.05, 3.63) is 0 Å². The van der Waals surface area contributed by atoms with Gasteiger partial charge >= 0.3 is 0 Å². The van der Waals surface area contributed by atoms with Crippen LogP contribution in [0.4, 0.5) is 0 Å². The Morgan fingerprint density at radius 2 is 1.78 bits per heavy atom. The monoisotopic (exact) mass is 253 g/mol. The average molecular weight is 253 g/mol. The lowest BCUT2D eigenvalue weighted by atomic mass is 9.65. The van der Waals surface area contributed by atoms with E-state index in [0.29, 0.717) is 5.41 Å². The summed E-state index contributed by atoms with van der Waals surface area (Å²) in [6.07, 6.45) is 5.69. The second-order valence-electron chi connectivity index (χ2n) is 7.86. The quantitative estimate of drug-likeness (QED) is 0.747. The molecule has 1 N–H and O–H groups in total. The van der Waals surface area contributed by atoms with E-state index >= 15 is 0 Å². The first-order chi connectivity index (χ1) is 8.34. The number of hydrogen-bond acceptors (Lipinski definition) is 1.